The zero-order valence-corrected chi connectivity index (χ0v) is 21.2. The zero-order chi connectivity index (χ0) is 25.4. The molecule has 35 heavy (non-hydrogen) atoms. The molecule has 2 aromatic rings. The second-order valence-electron chi connectivity index (χ2n) is 8.96. The van der Waals surface area contributed by atoms with Gasteiger partial charge in [0.15, 0.2) is 0 Å². The average Bonchev–Trinajstić information content (AvgIpc) is 2.88. The van der Waals surface area contributed by atoms with Gasteiger partial charge < -0.3 is 24.9 Å². The summed E-state index contributed by atoms with van der Waals surface area (Å²) in [4.78, 5) is 35.3. The van der Waals surface area contributed by atoms with Gasteiger partial charge in [0.05, 0.1) is 36.9 Å². The minimum absolute atomic E-state index is 0.0272. The van der Waals surface area contributed by atoms with E-state index in [4.69, 9.17) is 21.1 Å². The summed E-state index contributed by atoms with van der Waals surface area (Å²) < 4.78 is 10.3. The Kier molecular flexibility index (Phi) is 9.55. The number of rotatable bonds is 10. The Morgan fingerprint density at radius 1 is 1.11 bits per heavy atom. The highest BCUT2D eigenvalue weighted by Crippen LogP contribution is 2.32. The van der Waals surface area contributed by atoms with Crippen LogP contribution in [0.25, 0.3) is 0 Å². The van der Waals surface area contributed by atoms with Crippen LogP contribution in [0.1, 0.15) is 60.1 Å². The summed E-state index contributed by atoms with van der Waals surface area (Å²) in [6.07, 6.45) is 4.57. The van der Waals surface area contributed by atoms with Gasteiger partial charge in [0.2, 0.25) is 0 Å². The molecule has 1 saturated carbocycles. The Labute approximate surface area is 211 Å². The fraction of sp³-hybridized carbons (Fsp3) is 0.444. The molecule has 0 saturated heterocycles. The minimum atomic E-state index is -0.176. The van der Waals surface area contributed by atoms with Crippen LogP contribution in [-0.2, 0) is 20.7 Å². The van der Waals surface area contributed by atoms with Gasteiger partial charge in [0.25, 0.3) is 5.91 Å². The van der Waals surface area contributed by atoms with Crippen LogP contribution in [0.5, 0.6) is 5.75 Å². The van der Waals surface area contributed by atoms with Gasteiger partial charge in [0.1, 0.15) is 12.0 Å². The van der Waals surface area contributed by atoms with Crippen LogP contribution in [0.3, 0.4) is 0 Å². The molecule has 188 valence electrons. The number of benzene rings is 2. The Morgan fingerprint density at radius 2 is 1.86 bits per heavy atom. The average molecular weight is 501 g/mol. The van der Waals surface area contributed by atoms with E-state index < -0.39 is 0 Å². The van der Waals surface area contributed by atoms with Crippen molar-refractivity contribution in [2.45, 2.75) is 45.1 Å². The van der Waals surface area contributed by atoms with Crippen molar-refractivity contribution in [3.8, 4) is 5.75 Å². The number of carbonyl (C=O) groups is 3. The van der Waals surface area contributed by atoms with E-state index in [-0.39, 0.29) is 23.8 Å². The number of carbonyl (C=O) groups excluding carboxylic acids is 3. The standard InChI is InChI=1S/C27H33ClN2O5/c1-17(22-14-18(12-13-31)6-11-25(22)34-2)30-24-10-9-21(15-23(24)28)26(32)29-16-19-4-7-20(8-5-19)27(33)35-3/h6,9-11,13-15,17,19-20,30H,4-5,7-8,12,16H2,1-3H3,(H,29,32)/t17-,19-,20-/m0/s1. The van der Waals surface area contributed by atoms with E-state index >= 15 is 0 Å². The van der Waals surface area contributed by atoms with Crippen LogP contribution in [0.4, 0.5) is 5.69 Å². The summed E-state index contributed by atoms with van der Waals surface area (Å²) in [6, 6.07) is 10.7. The van der Waals surface area contributed by atoms with E-state index in [0.717, 1.165) is 43.1 Å². The van der Waals surface area contributed by atoms with Gasteiger partial charge in [0, 0.05) is 24.1 Å². The van der Waals surface area contributed by atoms with Gasteiger partial charge in [-0.25, -0.2) is 0 Å². The smallest absolute Gasteiger partial charge is 0.308 e. The highest BCUT2D eigenvalue weighted by atomic mass is 35.5. The third kappa shape index (κ3) is 6.98. The molecule has 1 aliphatic carbocycles. The molecule has 0 aromatic heterocycles. The maximum absolute atomic E-state index is 12.7. The van der Waals surface area contributed by atoms with E-state index in [1.54, 1.807) is 25.3 Å². The maximum atomic E-state index is 12.7. The van der Waals surface area contributed by atoms with Gasteiger partial charge >= 0.3 is 5.97 Å². The van der Waals surface area contributed by atoms with E-state index in [9.17, 15) is 14.4 Å². The molecule has 7 nitrogen and oxygen atoms in total. The first kappa shape index (κ1) is 26.5. The molecule has 0 heterocycles. The van der Waals surface area contributed by atoms with E-state index in [1.165, 1.54) is 7.11 Å². The fourth-order valence-electron chi connectivity index (χ4n) is 4.54. The molecule has 1 atom stereocenters. The van der Waals surface area contributed by atoms with Crippen LogP contribution < -0.4 is 15.4 Å². The number of esters is 1. The van der Waals surface area contributed by atoms with Crippen molar-refractivity contribution >= 4 is 35.5 Å². The van der Waals surface area contributed by atoms with Gasteiger partial charge in [-0.3, -0.25) is 9.59 Å². The van der Waals surface area contributed by atoms with Gasteiger partial charge in [-0.2, -0.15) is 0 Å². The zero-order valence-electron chi connectivity index (χ0n) is 20.4. The molecule has 1 fully saturated rings. The predicted octanol–water partition coefficient (Wildman–Crippen LogP) is 4.97. The normalized spacial score (nSPS) is 18.3. The van der Waals surface area contributed by atoms with Gasteiger partial charge in [-0.05, 0) is 74.4 Å². The van der Waals surface area contributed by atoms with Crippen molar-refractivity contribution in [2.75, 3.05) is 26.1 Å². The molecule has 1 amide bonds. The lowest BCUT2D eigenvalue weighted by atomic mass is 9.82. The number of methoxy groups -OCH3 is 2. The number of aldehydes is 1. The lowest BCUT2D eigenvalue weighted by Crippen LogP contribution is -2.32. The Bertz CT molecular complexity index is 1050. The van der Waals surface area contributed by atoms with E-state index in [2.05, 4.69) is 10.6 Å². The lowest BCUT2D eigenvalue weighted by Gasteiger charge is -2.27. The molecule has 0 radical (unpaired) electrons. The van der Waals surface area contributed by atoms with Crippen molar-refractivity contribution in [2.24, 2.45) is 11.8 Å². The number of hydrogen-bond donors (Lipinski definition) is 2. The van der Waals surface area contributed by atoms with E-state index in [1.807, 2.05) is 25.1 Å². The first-order valence-electron chi connectivity index (χ1n) is 11.9. The molecule has 1 aliphatic rings. The van der Waals surface area contributed by atoms with Crippen molar-refractivity contribution in [1.29, 1.82) is 0 Å². The SMILES string of the molecule is COc1ccc(CC=O)cc1[C@H](C)Nc1ccc(C(=O)NC[C@H]2CC[C@H](C(=O)OC)CC2)cc1Cl. The predicted molar refractivity (Wildman–Crippen MR) is 136 cm³/mol. The largest absolute Gasteiger partial charge is 0.496 e. The molecule has 0 unspecified atom stereocenters. The molecule has 3 rings (SSSR count). The molecular weight excluding hydrogens is 468 g/mol. The van der Waals surface area contributed by atoms with Crippen LogP contribution in [0.15, 0.2) is 36.4 Å². The number of halogens is 1. The maximum Gasteiger partial charge on any atom is 0.308 e. The first-order valence-corrected chi connectivity index (χ1v) is 12.3. The molecule has 0 aliphatic heterocycles. The Hall–Kier alpha value is -3.06. The quantitative estimate of drug-likeness (QED) is 0.353. The minimum Gasteiger partial charge on any atom is -0.496 e. The number of hydrogen-bond acceptors (Lipinski definition) is 6. The molecule has 0 spiro atoms. The van der Waals surface area contributed by atoms with Crippen molar-refractivity contribution < 1.29 is 23.9 Å². The third-order valence-corrected chi connectivity index (χ3v) is 6.93. The lowest BCUT2D eigenvalue weighted by molar-refractivity contribution is -0.146. The van der Waals surface area contributed by atoms with Crippen LogP contribution in [-0.4, -0.2) is 38.9 Å². The second kappa shape index (κ2) is 12.6. The Morgan fingerprint density at radius 3 is 2.49 bits per heavy atom. The number of amides is 1. The summed E-state index contributed by atoms with van der Waals surface area (Å²) in [5.74, 6) is 0.720. The molecule has 2 aromatic carbocycles. The molecule has 8 heteroatoms. The fourth-order valence-corrected chi connectivity index (χ4v) is 4.77. The summed E-state index contributed by atoms with van der Waals surface area (Å²) in [6.45, 7) is 2.55. The second-order valence-corrected chi connectivity index (χ2v) is 9.37. The van der Waals surface area contributed by atoms with Crippen molar-refractivity contribution in [3.63, 3.8) is 0 Å². The van der Waals surface area contributed by atoms with Crippen LogP contribution >= 0.6 is 11.6 Å². The number of ether oxygens (including phenoxy) is 2. The Balaban J connectivity index is 1.58. The summed E-state index contributed by atoms with van der Waals surface area (Å²) >= 11 is 6.50. The monoisotopic (exact) mass is 500 g/mol. The van der Waals surface area contributed by atoms with Crippen LogP contribution in [0, 0.1) is 11.8 Å². The third-order valence-electron chi connectivity index (χ3n) is 6.62. The van der Waals surface area contributed by atoms with Crippen LogP contribution in [0.2, 0.25) is 5.02 Å². The molecular formula is C27H33ClN2O5. The van der Waals surface area contributed by atoms with Gasteiger partial charge in [-0.1, -0.05) is 17.7 Å². The topological polar surface area (TPSA) is 93.7 Å². The highest BCUT2D eigenvalue weighted by molar-refractivity contribution is 6.33. The number of nitrogens with one attached hydrogen (secondary N) is 2. The highest BCUT2D eigenvalue weighted by Gasteiger charge is 2.27. The first-order chi connectivity index (χ1) is 16.9. The summed E-state index contributed by atoms with van der Waals surface area (Å²) in [5.41, 5.74) is 3.00. The molecule has 0 bridgehead atoms. The number of anilines is 1. The van der Waals surface area contributed by atoms with Gasteiger partial charge in [-0.15, -0.1) is 0 Å². The van der Waals surface area contributed by atoms with Crippen molar-refractivity contribution in [3.05, 3.63) is 58.1 Å². The summed E-state index contributed by atoms with van der Waals surface area (Å²) in [5, 5.41) is 6.80. The summed E-state index contributed by atoms with van der Waals surface area (Å²) in [7, 11) is 3.03. The van der Waals surface area contributed by atoms with E-state index in [0.29, 0.717) is 40.9 Å². The van der Waals surface area contributed by atoms with Crippen molar-refractivity contribution in [1.82, 2.24) is 5.32 Å². The molecule has 2 N–H and O–H groups in total.